The minimum absolute atomic E-state index is 0.458. The smallest absolute Gasteiger partial charge is 0.382 e. The van der Waals surface area contributed by atoms with Gasteiger partial charge in [-0.05, 0) is 0 Å². The number of rotatable bonds is 7. The van der Waals surface area contributed by atoms with Gasteiger partial charge in [-0.15, -0.1) is 0 Å². The molecule has 1 aromatic rings. The Balaban J connectivity index is 2.79. The molecule has 0 heterocycles. The summed E-state index contributed by atoms with van der Waals surface area (Å²) in [5.41, 5.74) is 0. The summed E-state index contributed by atoms with van der Waals surface area (Å²) in [4.78, 5) is 0. The van der Waals surface area contributed by atoms with Gasteiger partial charge in [0.1, 0.15) is 0 Å². The van der Waals surface area contributed by atoms with Crippen LogP contribution in [-0.2, 0) is 18.0 Å². The van der Waals surface area contributed by atoms with Crippen molar-refractivity contribution in [3.8, 4) is 0 Å². The molecule has 1 aromatic carbocycles. The molecule has 0 N–H and O–H groups in total. The lowest BCUT2D eigenvalue weighted by Gasteiger charge is -2.26. The number of benzene rings is 1. The summed E-state index contributed by atoms with van der Waals surface area (Å²) in [5, 5.41) is 0.955. The van der Waals surface area contributed by atoms with E-state index in [-0.39, 0.29) is 0 Å². The Morgan fingerprint density at radius 2 is 1.56 bits per heavy atom. The van der Waals surface area contributed by atoms with Crippen LogP contribution in [-0.4, -0.2) is 43.3 Å². The summed E-state index contributed by atoms with van der Waals surface area (Å²) in [5.74, 6) is 0. The fourth-order valence-corrected chi connectivity index (χ4v) is 3.42. The van der Waals surface area contributed by atoms with Gasteiger partial charge in [0.2, 0.25) is 0 Å². The van der Waals surface area contributed by atoms with E-state index in [9.17, 15) is 0 Å². The molecule has 0 unspecified atom stereocenters. The Labute approximate surface area is 97.5 Å². The molecule has 0 saturated heterocycles. The van der Waals surface area contributed by atoms with Crippen molar-refractivity contribution < 1.29 is 18.0 Å². The molecule has 5 heteroatoms. The quantitative estimate of drug-likeness (QED) is 0.523. The van der Waals surface area contributed by atoms with E-state index in [1.54, 1.807) is 21.3 Å². The van der Waals surface area contributed by atoms with Crippen LogP contribution < -0.4 is 5.19 Å². The van der Waals surface area contributed by atoms with Gasteiger partial charge in [0, 0.05) is 26.5 Å². The third-order valence-corrected chi connectivity index (χ3v) is 4.94. The predicted octanol–water partition coefficient (Wildman–Crippen LogP) is 0.788. The normalized spacial score (nSPS) is 11.7. The second-order valence-corrected chi connectivity index (χ2v) is 5.97. The SMILES string of the molecule is COCCO[Si](OC)(OC)c1ccccc1. The average molecular weight is 242 g/mol. The molecule has 0 aromatic heterocycles. The molecule has 0 aliphatic heterocycles. The van der Waals surface area contributed by atoms with Gasteiger partial charge in [0.25, 0.3) is 0 Å². The van der Waals surface area contributed by atoms with Crippen LogP contribution in [0.5, 0.6) is 0 Å². The lowest BCUT2D eigenvalue weighted by Crippen LogP contribution is -2.55. The fourth-order valence-electron chi connectivity index (χ4n) is 1.42. The molecular formula is C11H18O4Si. The first-order valence-corrected chi connectivity index (χ1v) is 6.80. The second-order valence-electron chi connectivity index (χ2n) is 3.17. The maximum absolute atomic E-state index is 5.72. The van der Waals surface area contributed by atoms with Gasteiger partial charge in [-0.1, -0.05) is 30.3 Å². The van der Waals surface area contributed by atoms with Crippen molar-refractivity contribution in [3.63, 3.8) is 0 Å². The van der Waals surface area contributed by atoms with Crippen LogP contribution in [0.2, 0.25) is 0 Å². The average Bonchev–Trinajstić information content (AvgIpc) is 2.36. The fraction of sp³-hybridized carbons (Fsp3) is 0.455. The third kappa shape index (κ3) is 3.13. The maximum Gasteiger partial charge on any atom is 0.536 e. The number of hydrogen-bond acceptors (Lipinski definition) is 4. The Morgan fingerprint density at radius 3 is 2.06 bits per heavy atom. The third-order valence-electron chi connectivity index (χ3n) is 2.24. The van der Waals surface area contributed by atoms with E-state index in [4.69, 9.17) is 18.0 Å². The van der Waals surface area contributed by atoms with Crippen molar-refractivity contribution in [2.45, 2.75) is 0 Å². The summed E-state index contributed by atoms with van der Waals surface area (Å²) >= 11 is 0. The molecule has 16 heavy (non-hydrogen) atoms. The first-order valence-electron chi connectivity index (χ1n) is 5.08. The van der Waals surface area contributed by atoms with E-state index in [0.717, 1.165) is 5.19 Å². The Morgan fingerprint density at radius 1 is 0.938 bits per heavy atom. The van der Waals surface area contributed by atoms with E-state index in [0.29, 0.717) is 13.2 Å². The molecule has 0 bridgehead atoms. The van der Waals surface area contributed by atoms with Gasteiger partial charge in [-0.25, -0.2) is 0 Å². The highest BCUT2D eigenvalue weighted by Crippen LogP contribution is 2.07. The molecule has 0 atom stereocenters. The topological polar surface area (TPSA) is 36.9 Å². The van der Waals surface area contributed by atoms with Crippen molar-refractivity contribution in [1.82, 2.24) is 0 Å². The first kappa shape index (κ1) is 13.3. The standard InChI is InChI=1S/C11H18O4Si/c1-12-9-10-15-16(13-2,14-3)11-7-5-4-6-8-11/h4-8H,9-10H2,1-3H3. The highest BCUT2D eigenvalue weighted by atomic mass is 28.4. The van der Waals surface area contributed by atoms with E-state index in [2.05, 4.69) is 0 Å². The molecule has 0 radical (unpaired) electrons. The second kappa shape index (κ2) is 6.77. The van der Waals surface area contributed by atoms with Crippen molar-refractivity contribution in [2.24, 2.45) is 0 Å². The van der Waals surface area contributed by atoms with Crippen molar-refractivity contribution in [1.29, 1.82) is 0 Å². The van der Waals surface area contributed by atoms with Crippen LogP contribution in [0.15, 0.2) is 30.3 Å². The van der Waals surface area contributed by atoms with Crippen LogP contribution in [0.4, 0.5) is 0 Å². The molecule has 0 aliphatic carbocycles. The summed E-state index contributed by atoms with van der Waals surface area (Å²) in [6.07, 6.45) is 0. The molecule has 4 nitrogen and oxygen atoms in total. The van der Waals surface area contributed by atoms with Crippen LogP contribution in [0.3, 0.4) is 0 Å². The Bertz CT molecular complexity index is 287. The molecule has 0 aliphatic rings. The molecule has 0 saturated carbocycles. The summed E-state index contributed by atoms with van der Waals surface area (Å²) in [6.45, 7) is 0.980. The molecule has 90 valence electrons. The lowest BCUT2D eigenvalue weighted by molar-refractivity contribution is 0.0767. The lowest BCUT2D eigenvalue weighted by atomic mass is 10.4. The summed E-state index contributed by atoms with van der Waals surface area (Å²) in [7, 11) is 2.11. The number of ether oxygens (including phenoxy) is 1. The molecular weight excluding hydrogens is 224 g/mol. The van der Waals surface area contributed by atoms with Gasteiger partial charge < -0.3 is 18.0 Å². The maximum atomic E-state index is 5.72. The van der Waals surface area contributed by atoms with Gasteiger partial charge in [-0.2, -0.15) is 0 Å². The molecule has 1 rings (SSSR count). The zero-order chi connectivity index (χ0) is 11.9. The zero-order valence-electron chi connectivity index (χ0n) is 9.93. The predicted molar refractivity (Wildman–Crippen MR) is 63.7 cm³/mol. The largest absolute Gasteiger partial charge is 0.536 e. The summed E-state index contributed by atoms with van der Waals surface area (Å²) in [6, 6.07) is 9.73. The Kier molecular flexibility index (Phi) is 5.65. The van der Waals surface area contributed by atoms with Crippen molar-refractivity contribution >= 4 is 14.0 Å². The van der Waals surface area contributed by atoms with E-state index in [1.807, 2.05) is 30.3 Å². The Hall–Kier alpha value is -0.723. The minimum Gasteiger partial charge on any atom is -0.382 e. The van der Waals surface area contributed by atoms with E-state index < -0.39 is 8.80 Å². The van der Waals surface area contributed by atoms with Gasteiger partial charge in [-0.3, -0.25) is 0 Å². The molecule has 0 amide bonds. The minimum atomic E-state index is -2.74. The molecule has 0 spiro atoms. The monoisotopic (exact) mass is 242 g/mol. The first-order chi connectivity index (χ1) is 7.79. The summed E-state index contributed by atoms with van der Waals surface area (Å²) < 4.78 is 21.6. The van der Waals surface area contributed by atoms with Crippen LogP contribution in [0.1, 0.15) is 0 Å². The van der Waals surface area contributed by atoms with Crippen LogP contribution in [0, 0.1) is 0 Å². The van der Waals surface area contributed by atoms with Crippen LogP contribution in [0.25, 0.3) is 0 Å². The molecule has 0 fully saturated rings. The highest BCUT2D eigenvalue weighted by Gasteiger charge is 2.41. The van der Waals surface area contributed by atoms with Crippen LogP contribution >= 0.6 is 0 Å². The van der Waals surface area contributed by atoms with Crippen molar-refractivity contribution in [3.05, 3.63) is 30.3 Å². The van der Waals surface area contributed by atoms with E-state index in [1.165, 1.54) is 0 Å². The van der Waals surface area contributed by atoms with E-state index >= 15 is 0 Å². The number of methoxy groups -OCH3 is 1. The zero-order valence-corrected chi connectivity index (χ0v) is 10.9. The number of hydrogen-bond donors (Lipinski definition) is 0. The van der Waals surface area contributed by atoms with Gasteiger partial charge >= 0.3 is 8.80 Å². The van der Waals surface area contributed by atoms with Crippen molar-refractivity contribution in [2.75, 3.05) is 34.5 Å². The highest BCUT2D eigenvalue weighted by molar-refractivity contribution is 6.75. The van der Waals surface area contributed by atoms with Gasteiger partial charge in [0.05, 0.1) is 13.2 Å². The van der Waals surface area contributed by atoms with Gasteiger partial charge in [0.15, 0.2) is 0 Å².